The third-order valence-corrected chi connectivity index (χ3v) is 9.56. The number of ether oxygens (including phenoxy) is 3. The van der Waals surface area contributed by atoms with Crippen LogP contribution in [0.15, 0.2) is 35.5 Å². The van der Waals surface area contributed by atoms with E-state index < -0.39 is 6.10 Å². The van der Waals surface area contributed by atoms with Crippen molar-refractivity contribution in [2.75, 3.05) is 0 Å². The van der Waals surface area contributed by atoms with Crippen LogP contribution in [-0.2, 0) is 28.6 Å². The Balaban J connectivity index is 1.75. The molecular formula is C33H50O6. The summed E-state index contributed by atoms with van der Waals surface area (Å²) < 4.78 is 16.6. The third kappa shape index (κ3) is 7.85. The van der Waals surface area contributed by atoms with Gasteiger partial charge in [-0.25, -0.2) is 0 Å². The molecule has 3 fully saturated rings. The van der Waals surface area contributed by atoms with Gasteiger partial charge in [0.05, 0.1) is 0 Å². The summed E-state index contributed by atoms with van der Waals surface area (Å²) in [6, 6.07) is 0. The Morgan fingerprint density at radius 1 is 1.00 bits per heavy atom. The predicted octanol–water partition coefficient (Wildman–Crippen LogP) is 7.27. The van der Waals surface area contributed by atoms with E-state index in [0.29, 0.717) is 36.5 Å². The van der Waals surface area contributed by atoms with Gasteiger partial charge in [-0.1, -0.05) is 52.0 Å². The van der Waals surface area contributed by atoms with Gasteiger partial charge in [0.15, 0.2) is 0 Å². The average Bonchev–Trinajstić information content (AvgIpc) is 3.19. The first kappa shape index (κ1) is 31.2. The van der Waals surface area contributed by atoms with Crippen molar-refractivity contribution in [3.8, 4) is 0 Å². The molecule has 0 aliphatic heterocycles. The molecule has 0 radical (unpaired) electrons. The normalized spacial score (nSPS) is 32.6. The summed E-state index contributed by atoms with van der Waals surface area (Å²) in [5.41, 5.74) is 3.55. The topological polar surface area (TPSA) is 78.9 Å². The first-order valence-electron chi connectivity index (χ1n) is 14.9. The first-order chi connectivity index (χ1) is 18.3. The van der Waals surface area contributed by atoms with Gasteiger partial charge in [0.2, 0.25) is 0 Å². The van der Waals surface area contributed by atoms with E-state index in [2.05, 4.69) is 46.4 Å². The molecule has 218 valence electrons. The molecule has 1 unspecified atom stereocenters. The number of allylic oxidation sites excluding steroid dienone is 3. The van der Waals surface area contributed by atoms with Gasteiger partial charge in [-0.3, -0.25) is 14.4 Å². The maximum absolute atomic E-state index is 11.7. The number of fused-ring (bicyclic) bond motifs is 1. The maximum Gasteiger partial charge on any atom is 0.303 e. The number of esters is 3. The molecule has 0 amide bonds. The highest BCUT2D eigenvalue weighted by Crippen LogP contribution is 2.60. The molecule has 3 aliphatic rings. The fourth-order valence-electron chi connectivity index (χ4n) is 7.66. The van der Waals surface area contributed by atoms with Gasteiger partial charge < -0.3 is 14.2 Å². The standard InChI is InChI=1S/C33H50O6/c1-20(2)31(38-24(6)35)16-11-21(3)29-14-15-30-26(10-9-17-33(29,30)8)12-13-27-18-28(37-23(5)34)19-32(22(27)4)39-25(7)36/h12-13,20-21,28-32H,4,9-11,14-19H2,1-3,5-8H3/b26-12+,27-13-/t21-,28-,29-,30+,31?,32+,33-/m1/s1. The summed E-state index contributed by atoms with van der Waals surface area (Å²) >= 11 is 0. The van der Waals surface area contributed by atoms with E-state index in [1.165, 1.54) is 52.0 Å². The minimum Gasteiger partial charge on any atom is -0.462 e. The van der Waals surface area contributed by atoms with Gasteiger partial charge in [0, 0.05) is 33.6 Å². The van der Waals surface area contributed by atoms with E-state index in [0.717, 1.165) is 30.4 Å². The van der Waals surface area contributed by atoms with E-state index in [4.69, 9.17) is 14.2 Å². The van der Waals surface area contributed by atoms with Crippen molar-refractivity contribution >= 4 is 17.9 Å². The lowest BCUT2D eigenvalue weighted by Gasteiger charge is -2.44. The summed E-state index contributed by atoms with van der Waals surface area (Å²) in [5.74, 6) is 1.22. The highest BCUT2D eigenvalue weighted by molar-refractivity contribution is 5.67. The molecule has 0 spiro atoms. The van der Waals surface area contributed by atoms with Crippen molar-refractivity contribution in [3.05, 3.63) is 35.5 Å². The molecule has 0 aromatic heterocycles. The summed E-state index contributed by atoms with van der Waals surface area (Å²) in [6.07, 6.45) is 12.6. The lowest BCUT2D eigenvalue weighted by atomic mass is 9.60. The molecular weight excluding hydrogens is 492 g/mol. The SMILES string of the molecule is C=C1/C(=C\C=C2/CCC[C@]3(C)[C@@H]([C@H](C)CCC(OC(C)=O)C(C)C)CC[C@@H]23)C[C@@H](OC(C)=O)C[C@@H]1OC(C)=O. The zero-order valence-corrected chi connectivity index (χ0v) is 25.2. The van der Waals surface area contributed by atoms with E-state index in [1.807, 2.05) is 0 Å². The van der Waals surface area contributed by atoms with Crippen LogP contribution in [0, 0.1) is 29.1 Å². The van der Waals surface area contributed by atoms with Crippen LogP contribution in [0.1, 0.15) is 106 Å². The van der Waals surface area contributed by atoms with Crippen molar-refractivity contribution in [1.29, 1.82) is 0 Å². The number of carbonyl (C=O) groups excluding carboxylic acids is 3. The molecule has 6 nitrogen and oxygen atoms in total. The van der Waals surface area contributed by atoms with Gasteiger partial charge >= 0.3 is 17.9 Å². The molecule has 3 rings (SSSR count). The highest BCUT2D eigenvalue weighted by Gasteiger charge is 2.50. The Hall–Kier alpha value is -2.37. The second kappa shape index (κ2) is 13.3. The molecule has 0 N–H and O–H groups in total. The quantitative estimate of drug-likeness (QED) is 0.225. The molecule has 0 bridgehead atoms. The predicted molar refractivity (Wildman–Crippen MR) is 153 cm³/mol. The Morgan fingerprint density at radius 2 is 1.69 bits per heavy atom. The second-order valence-electron chi connectivity index (χ2n) is 12.8. The smallest absolute Gasteiger partial charge is 0.303 e. The average molecular weight is 543 g/mol. The second-order valence-corrected chi connectivity index (χ2v) is 12.8. The Bertz CT molecular complexity index is 990. The van der Waals surface area contributed by atoms with Crippen LogP contribution >= 0.6 is 0 Å². The van der Waals surface area contributed by atoms with Crippen LogP contribution in [0.2, 0.25) is 0 Å². The Labute approximate surface area is 235 Å². The molecule has 3 saturated carbocycles. The molecule has 3 aliphatic carbocycles. The minimum atomic E-state index is -0.472. The van der Waals surface area contributed by atoms with Crippen molar-refractivity contribution in [1.82, 2.24) is 0 Å². The first-order valence-corrected chi connectivity index (χ1v) is 14.9. The fourth-order valence-corrected chi connectivity index (χ4v) is 7.66. The molecule has 0 heterocycles. The van der Waals surface area contributed by atoms with Gasteiger partial charge in [-0.15, -0.1) is 0 Å². The van der Waals surface area contributed by atoms with Gasteiger partial charge in [-0.05, 0) is 85.2 Å². The number of hydrogen-bond acceptors (Lipinski definition) is 6. The molecule has 0 aromatic carbocycles. The monoisotopic (exact) mass is 542 g/mol. The van der Waals surface area contributed by atoms with Crippen molar-refractivity contribution < 1.29 is 28.6 Å². The number of hydrogen-bond donors (Lipinski definition) is 0. The maximum atomic E-state index is 11.7. The van der Waals surface area contributed by atoms with E-state index in [1.54, 1.807) is 0 Å². The van der Waals surface area contributed by atoms with E-state index in [9.17, 15) is 14.4 Å². The van der Waals surface area contributed by atoms with Crippen LogP contribution < -0.4 is 0 Å². The van der Waals surface area contributed by atoms with Crippen molar-refractivity contribution in [2.24, 2.45) is 29.1 Å². The van der Waals surface area contributed by atoms with E-state index in [-0.39, 0.29) is 35.5 Å². The van der Waals surface area contributed by atoms with Gasteiger partial charge in [-0.2, -0.15) is 0 Å². The lowest BCUT2D eigenvalue weighted by molar-refractivity contribution is -0.152. The fraction of sp³-hybridized carbons (Fsp3) is 0.727. The van der Waals surface area contributed by atoms with Crippen molar-refractivity contribution in [2.45, 2.75) is 125 Å². The van der Waals surface area contributed by atoms with Crippen LogP contribution in [-0.4, -0.2) is 36.2 Å². The summed E-state index contributed by atoms with van der Waals surface area (Å²) in [6.45, 7) is 17.7. The minimum absolute atomic E-state index is 0.0152. The Kier molecular flexibility index (Phi) is 10.6. The van der Waals surface area contributed by atoms with Crippen LogP contribution in [0.5, 0.6) is 0 Å². The molecule has 6 heteroatoms. The number of carbonyl (C=O) groups is 3. The molecule has 0 saturated heterocycles. The lowest BCUT2D eigenvalue weighted by Crippen LogP contribution is -2.36. The summed E-state index contributed by atoms with van der Waals surface area (Å²) in [4.78, 5) is 34.9. The molecule has 39 heavy (non-hydrogen) atoms. The van der Waals surface area contributed by atoms with Crippen molar-refractivity contribution in [3.63, 3.8) is 0 Å². The van der Waals surface area contributed by atoms with Crippen LogP contribution in [0.3, 0.4) is 0 Å². The number of rotatable bonds is 9. The zero-order chi connectivity index (χ0) is 28.9. The summed E-state index contributed by atoms with van der Waals surface area (Å²) in [5, 5.41) is 0. The van der Waals surface area contributed by atoms with Gasteiger partial charge in [0.25, 0.3) is 0 Å². The Morgan fingerprint density at radius 3 is 2.31 bits per heavy atom. The third-order valence-electron chi connectivity index (χ3n) is 9.56. The molecule has 7 atom stereocenters. The van der Waals surface area contributed by atoms with Crippen LogP contribution in [0.4, 0.5) is 0 Å². The zero-order valence-electron chi connectivity index (χ0n) is 25.2. The largest absolute Gasteiger partial charge is 0.462 e. The van der Waals surface area contributed by atoms with E-state index >= 15 is 0 Å². The highest BCUT2D eigenvalue weighted by atomic mass is 16.6. The van der Waals surface area contributed by atoms with Crippen LogP contribution in [0.25, 0.3) is 0 Å². The van der Waals surface area contributed by atoms with Gasteiger partial charge in [0.1, 0.15) is 18.3 Å². The molecule has 0 aromatic rings. The summed E-state index contributed by atoms with van der Waals surface area (Å²) in [7, 11) is 0.